The minimum Gasteiger partial charge on any atom is -0.290 e. The normalized spacial score (nSPS) is 12.4. The van der Waals surface area contributed by atoms with Crippen LogP contribution in [0.2, 0.25) is 0 Å². The van der Waals surface area contributed by atoms with Gasteiger partial charge in [0, 0.05) is 11.1 Å². The van der Waals surface area contributed by atoms with Gasteiger partial charge in [0.05, 0.1) is 0 Å². The van der Waals surface area contributed by atoms with Gasteiger partial charge in [-0.1, -0.05) is 37.5 Å². The van der Waals surface area contributed by atoms with Crippen molar-refractivity contribution in [1.82, 2.24) is 15.0 Å². The molecule has 1 rings (SSSR count). The lowest BCUT2D eigenvalue weighted by Gasteiger charge is -2.03. The first-order valence-corrected chi connectivity index (χ1v) is 5.22. The molecule has 17 heavy (non-hydrogen) atoms. The van der Waals surface area contributed by atoms with Crippen molar-refractivity contribution >= 4 is 11.1 Å². The number of aromatic amines is 1. The van der Waals surface area contributed by atoms with E-state index in [0.717, 1.165) is 11.1 Å². The second kappa shape index (κ2) is 5.75. The van der Waals surface area contributed by atoms with Crippen molar-refractivity contribution in [1.29, 1.82) is 0 Å². The molecule has 1 N–H and O–H groups in total. The summed E-state index contributed by atoms with van der Waals surface area (Å²) in [5.41, 5.74) is 1.04. The minimum absolute atomic E-state index is 0.363. The van der Waals surface area contributed by atoms with Crippen LogP contribution in [0.15, 0.2) is 42.3 Å². The average molecular weight is 229 g/mol. The largest absolute Gasteiger partial charge is 0.348 e. The van der Waals surface area contributed by atoms with E-state index in [-0.39, 0.29) is 0 Å². The number of allylic oxidation sites excluding steroid dienone is 6. The van der Waals surface area contributed by atoms with Crippen LogP contribution in [0.25, 0.3) is 11.1 Å². The number of hydrogen-bond donors (Lipinski definition) is 1. The van der Waals surface area contributed by atoms with E-state index in [1.165, 1.54) is 0 Å². The molecule has 88 valence electrons. The molecule has 0 radical (unpaired) electrons. The van der Waals surface area contributed by atoms with Crippen LogP contribution in [0.3, 0.4) is 0 Å². The van der Waals surface area contributed by atoms with Crippen molar-refractivity contribution in [3.05, 3.63) is 59.6 Å². The van der Waals surface area contributed by atoms with Crippen molar-refractivity contribution in [2.75, 3.05) is 0 Å². The highest BCUT2D eigenvalue weighted by molar-refractivity contribution is 5.72. The molecule has 0 aromatic carbocycles. The third-order valence-electron chi connectivity index (χ3n) is 2.24. The van der Waals surface area contributed by atoms with Gasteiger partial charge in [0.15, 0.2) is 5.82 Å². The average Bonchev–Trinajstić information content (AvgIpc) is 2.31. The molecule has 0 spiro atoms. The molecule has 1 aromatic rings. The van der Waals surface area contributed by atoms with Gasteiger partial charge in [0.2, 0.25) is 0 Å². The fourth-order valence-corrected chi connectivity index (χ4v) is 1.34. The van der Waals surface area contributed by atoms with Gasteiger partial charge in [0.1, 0.15) is 5.82 Å². The summed E-state index contributed by atoms with van der Waals surface area (Å²) in [4.78, 5) is 22.1. The van der Waals surface area contributed by atoms with E-state index in [4.69, 9.17) is 0 Å². The fourth-order valence-electron chi connectivity index (χ4n) is 1.34. The monoisotopic (exact) mass is 229 g/mol. The SMILES string of the molecule is C=C/C(=C\C)c1nc(/C(C=C)=C/C)[nH]c(=O)n1. The summed E-state index contributed by atoms with van der Waals surface area (Å²) in [6.07, 6.45) is 6.86. The lowest BCUT2D eigenvalue weighted by Crippen LogP contribution is -2.17. The highest BCUT2D eigenvalue weighted by atomic mass is 16.1. The van der Waals surface area contributed by atoms with Gasteiger partial charge in [-0.15, -0.1) is 0 Å². The lowest BCUT2D eigenvalue weighted by atomic mass is 10.2. The van der Waals surface area contributed by atoms with Gasteiger partial charge in [-0.3, -0.25) is 4.98 Å². The maximum absolute atomic E-state index is 11.5. The zero-order chi connectivity index (χ0) is 12.8. The standard InChI is InChI=1S/C13H15N3O/c1-5-9(6-2)11-14-12(10(7-3)8-4)16-13(17)15-11/h5-8H,1,3H2,2,4H3,(H,14,15,16,17)/b9-6+,10-8+. The Hall–Kier alpha value is -2.23. The molecule has 0 aliphatic heterocycles. The molecule has 0 saturated heterocycles. The molecule has 0 atom stereocenters. The zero-order valence-electron chi connectivity index (χ0n) is 10.0. The molecule has 0 amide bonds. The van der Waals surface area contributed by atoms with Crippen molar-refractivity contribution in [3.63, 3.8) is 0 Å². The van der Waals surface area contributed by atoms with E-state index in [2.05, 4.69) is 28.1 Å². The number of nitrogens with zero attached hydrogens (tertiary/aromatic N) is 2. The Bertz CT molecular complexity index is 505. The summed E-state index contributed by atoms with van der Waals surface area (Å²) in [5.74, 6) is 0.821. The van der Waals surface area contributed by atoms with Gasteiger partial charge in [-0.2, -0.15) is 4.98 Å². The highest BCUT2D eigenvalue weighted by Crippen LogP contribution is 2.12. The van der Waals surface area contributed by atoms with E-state index in [9.17, 15) is 4.79 Å². The summed E-state index contributed by atoms with van der Waals surface area (Å²) in [6, 6.07) is 0. The number of nitrogens with one attached hydrogen (secondary N) is 1. The van der Waals surface area contributed by atoms with Crippen molar-refractivity contribution in [2.24, 2.45) is 0 Å². The van der Waals surface area contributed by atoms with Crippen LogP contribution in [-0.2, 0) is 0 Å². The van der Waals surface area contributed by atoms with E-state index in [1.54, 1.807) is 18.2 Å². The number of hydrogen-bond acceptors (Lipinski definition) is 3. The van der Waals surface area contributed by atoms with Crippen molar-refractivity contribution in [2.45, 2.75) is 13.8 Å². The van der Waals surface area contributed by atoms with Crippen LogP contribution in [0.4, 0.5) is 0 Å². The Kier molecular flexibility index (Phi) is 4.34. The van der Waals surface area contributed by atoms with Crippen LogP contribution in [0.5, 0.6) is 0 Å². The lowest BCUT2D eigenvalue weighted by molar-refractivity contribution is 0.941. The van der Waals surface area contributed by atoms with Gasteiger partial charge in [-0.25, -0.2) is 9.78 Å². The third kappa shape index (κ3) is 2.87. The van der Waals surface area contributed by atoms with E-state index in [1.807, 2.05) is 19.9 Å². The summed E-state index contributed by atoms with van der Waals surface area (Å²) in [5, 5.41) is 0. The molecule has 0 fully saturated rings. The first-order chi connectivity index (χ1) is 8.15. The summed E-state index contributed by atoms with van der Waals surface area (Å²) in [7, 11) is 0. The first-order valence-electron chi connectivity index (χ1n) is 5.22. The molecular weight excluding hydrogens is 214 g/mol. The molecule has 4 nitrogen and oxygen atoms in total. The Morgan fingerprint density at radius 2 is 1.71 bits per heavy atom. The Balaban J connectivity index is 3.43. The van der Waals surface area contributed by atoms with E-state index >= 15 is 0 Å². The highest BCUT2D eigenvalue weighted by Gasteiger charge is 2.06. The molecule has 0 saturated carbocycles. The van der Waals surface area contributed by atoms with E-state index < -0.39 is 5.69 Å². The second-order valence-electron chi connectivity index (χ2n) is 3.22. The molecule has 0 unspecified atom stereocenters. The van der Waals surface area contributed by atoms with Crippen molar-refractivity contribution in [3.8, 4) is 0 Å². The van der Waals surface area contributed by atoms with Crippen LogP contribution in [0.1, 0.15) is 25.5 Å². The minimum atomic E-state index is -0.438. The number of aromatic nitrogens is 3. The van der Waals surface area contributed by atoms with Crippen molar-refractivity contribution < 1.29 is 0 Å². The summed E-state index contributed by atoms with van der Waals surface area (Å²) in [6.45, 7) is 11.0. The molecule has 1 heterocycles. The summed E-state index contributed by atoms with van der Waals surface area (Å²) >= 11 is 0. The van der Waals surface area contributed by atoms with Gasteiger partial charge < -0.3 is 0 Å². The molecule has 4 heteroatoms. The van der Waals surface area contributed by atoms with Crippen LogP contribution in [0, 0.1) is 0 Å². The zero-order valence-corrected chi connectivity index (χ0v) is 10.0. The topological polar surface area (TPSA) is 58.6 Å². The molecule has 0 aliphatic rings. The molecule has 0 bridgehead atoms. The smallest absolute Gasteiger partial charge is 0.290 e. The third-order valence-corrected chi connectivity index (χ3v) is 2.24. The Labute approximate surface area is 100 Å². The fraction of sp³-hybridized carbons (Fsp3) is 0.154. The Morgan fingerprint density at radius 3 is 2.18 bits per heavy atom. The predicted octanol–water partition coefficient (Wildman–Crippen LogP) is 2.34. The molecular formula is C13H15N3O. The van der Waals surface area contributed by atoms with Gasteiger partial charge in [-0.05, 0) is 13.8 Å². The number of H-pyrrole nitrogens is 1. The maximum atomic E-state index is 11.5. The Morgan fingerprint density at radius 1 is 1.12 bits per heavy atom. The van der Waals surface area contributed by atoms with E-state index in [0.29, 0.717) is 11.6 Å². The first kappa shape index (κ1) is 12.8. The van der Waals surface area contributed by atoms with Gasteiger partial charge >= 0.3 is 5.69 Å². The molecule has 0 aliphatic carbocycles. The second-order valence-corrected chi connectivity index (χ2v) is 3.22. The predicted molar refractivity (Wildman–Crippen MR) is 70.3 cm³/mol. The number of rotatable bonds is 4. The molecule has 1 aromatic heterocycles. The van der Waals surface area contributed by atoms with Crippen LogP contribution in [-0.4, -0.2) is 15.0 Å². The maximum Gasteiger partial charge on any atom is 0.348 e. The quantitative estimate of drug-likeness (QED) is 0.806. The summed E-state index contributed by atoms with van der Waals surface area (Å²) < 4.78 is 0. The van der Waals surface area contributed by atoms with Crippen LogP contribution < -0.4 is 5.69 Å². The van der Waals surface area contributed by atoms with Crippen LogP contribution >= 0.6 is 0 Å². The van der Waals surface area contributed by atoms with Gasteiger partial charge in [0.25, 0.3) is 0 Å².